The monoisotopic (exact) mass is 295 g/mol. The first-order chi connectivity index (χ1) is 9.91. The van der Waals surface area contributed by atoms with Gasteiger partial charge in [-0.1, -0.05) is 6.92 Å². The molecule has 1 rings (SSSR count). The molecule has 1 N–H and O–H groups in total. The molecule has 0 spiro atoms. The first-order valence-electron chi connectivity index (χ1n) is 6.65. The second-order valence-corrected chi connectivity index (χ2v) is 4.80. The smallest absolute Gasteiger partial charge is 0.311 e. The van der Waals surface area contributed by atoms with Crippen LogP contribution in [0.2, 0.25) is 0 Å². The summed E-state index contributed by atoms with van der Waals surface area (Å²) < 4.78 is 18.4. The van der Waals surface area contributed by atoms with E-state index < -0.39 is 16.3 Å². The van der Waals surface area contributed by atoms with Gasteiger partial charge < -0.3 is 4.74 Å². The summed E-state index contributed by atoms with van der Waals surface area (Å²) in [6, 6.07) is 5.26. The number of nitrogens with one attached hydrogen (secondary N) is 1. The highest BCUT2D eigenvalue weighted by molar-refractivity contribution is 5.46. The van der Waals surface area contributed by atoms with Gasteiger partial charge in [0.25, 0.3) is 0 Å². The molecule has 1 aromatic rings. The number of nitriles is 1. The largest absolute Gasteiger partial charge is 0.487 e. The van der Waals surface area contributed by atoms with Crippen LogP contribution in [0, 0.1) is 27.3 Å². The molecule has 0 bridgehead atoms. The lowest BCUT2D eigenvalue weighted by atomic mass is 9.98. The first-order valence-corrected chi connectivity index (χ1v) is 6.65. The molecule has 1 atom stereocenters. The van der Waals surface area contributed by atoms with Gasteiger partial charge in [0.2, 0.25) is 0 Å². The summed E-state index contributed by atoms with van der Waals surface area (Å²) in [5, 5.41) is 23.0. The quantitative estimate of drug-likeness (QED) is 0.452. The van der Waals surface area contributed by atoms with Crippen molar-refractivity contribution in [2.75, 3.05) is 13.2 Å². The summed E-state index contributed by atoms with van der Waals surface area (Å²) in [6.07, 6.45) is 1.05. The molecule has 0 aromatic heterocycles. The molecule has 0 amide bonds. The summed E-state index contributed by atoms with van der Waals surface area (Å²) in [7, 11) is 0. The van der Waals surface area contributed by atoms with Crippen LogP contribution >= 0.6 is 0 Å². The highest BCUT2D eigenvalue weighted by Crippen LogP contribution is 2.27. The van der Waals surface area contributed by atoms with E-state index in [1.807, 2.05) is 6.92 Å². The van der Waals surface area contributed by atoms with Gasteiger partial charge in [0, 0.05) is 12.1 Å². The molecule has 7 heteroatoms. The number of hydrogen-bond donors (Lipinski definition) is 1. The molecule has 21 heavy (non-hydrogen) atoms. The first kappa shape index (κ1) is 16.9. The van der Waals surface area contributed by atoms with E-state index in [0.29, 0.717) is 19.4 Å². The summed E-state index contributed by atoms with van der Waals surface area (Å²) in [4.78, 5) is 10.2. The number of ether oxygens (including phenoxy) is 1. The van der Waals surface area contributed by atoms with Crippen molar-refractivity contribution in [1.29, 1.82) is 5.26 Å². The molecular formula is C14H18FN3O3. The lowest BCUT2D eigenvalue weighted by Gasteiger charge is -2.22. The number of rotatable bonds is 8. The zero-order valence-electron chi connectivity index (χ0n) is 12.1. The third-order valence-electron chi connectivity index (χ3n) is 3.01. The van der Waals surface area contributed by atoms with Crippen LogP contribution in [0.4, 0.5) is 10.1 Å². The van der Waals surface area contributed by atoms with E-state index in [4.69, 9.17) is 10.00 Å². The van der Waals surface area contributed by atoms with E-state index in [1.54, 1.807) is 6.92 Å². The van der Waals surface area contributed by atoms with Crippen molar-refractivity contribution in [1.82, 2.24) is 5.32 Å². The van der Waals surface area contributed by atoms with Gasteiger partial charge in [-0.3, -0.25) is 15.4 Å². The average Bonchev–Trinajstić information content (AvgIpc) is 2.44. The van der Waals surface area contributed by atoms with Crippen LogP contribution in [0.5, 0.6) is 5.75 Å². The number of halogens is 1. The molecule has 0 saturated heterocycles. The van der Waals surface area contributed by atoms with E-state index in [2.05, 4.69) is 11.4 Å². The van der Waals surface area contributed by atoms with E-state index in [-0.39, 0.29) is 18.0 Å². The molecule has 0 aliphatic carbocycles. The second kappa shape index (κ2) is 7.55. The van der Waals surface area contributed by atoms with Crippen LogP contribution in [-0.4, -0.2) is 23.6 Å². The highest BCUT2D eigenvalue weighted by atomic mass is 19.1. The molecule has 0 aliphatic heterocycles. The minimum atomic E-state index is -0.661. The Morgan fingerprint density at radius 3 is 2.86 bits per heavy atom. The predicted molar refractivity (Wildman–Crippen MR) is 75.5 cm³/mol. The molecule has 0 fully saturated rings. The van der Waals surface area contributed by atoms with Crippen molar-refractivity contribution >= 4 is 5.69 Å². The van der Waals surface area contributed by atoms with Crippen LogP contribution in [0.15, 0.2) is 18.2 Å². The van der Waals surface area contributed by atoms with Crippen molar-refractivity contribution in [2.24, 2.45) is 0 Å². The molecule has 114 valence electrons. The van der Waals surface area contributed by atoms with Crippen molar-refractivity contribution in [2.45, 2.75) is 32.2 Å². The fraction of sp³-hybridized carbons (Fsp3) is 0.500. The molecule has 0 radical (unpaired) electrons. The number of benzene rings is 1. The number of nitro benzene ring substituents is 1. The van der Waals surface area contributed by atoms with Gasteiger partial charge in [-0.25, -0.2) is 4.39 Å². The number of nitro groups is 1. The standard InChI is InChI=1S/C14H18FN3O3/c1-3-17-14(2,10-16)7-4-8-21-13-9-11(15)5-6-12(13)18(19)20/h5-6,9,17H,3-4,7-8H2,1-2H3. The van der Waals surface area contributed by atoms with E-state index in [9.17, 15) is 14.5 Å². The molecule has 1 unspecified atom stereocenters. The summed E-state index contributed by atoms with van der Waals surface area (Å²) in [6.45, 7) is 4.52. The van der Waals surface area contributed by atoms with Gasteiger partial charge in [0.1, 0.15) is 11.4 Å². The fourth-order valence-electron chi connectivity index (χ4n) is 1.94. The Kier molecular flexibility index (Phi) is 6.06. The molecule has 0 heterocycles. The Bertz CT molecular complexity index is 545. The SMILES string of the molecule is CCNC(C)(C#N)CCCOc1cc(F)ccc1[N+](=O)[O-]. The number of nitrogens with zero attached hydrogens (tertiary/aromatic N) is 2. The van der Waals surface area contributed by atoms with Crippen LogP contribution in [0.25, 0.3) is 0 Å². The van der Waals surface area contributed by atoms with Crippen LogP contribution in [0.3, 0.4) is 0 Å². The Morgan fingerprint density at radius 1 is 1.57 bits per heavy atom. The normalized spacial score (nSPS) is 13.2. The van der Waals surface area contributed by atoms with E-state index in [1.165, 1.54) is 0 Å². The molecule has 0 saturated carbocycles. The minimum absolute atomic E-state index is 0.0953. The Hall–Kier alpha value is -2.20. The highest BCUT2D eigenvalue weighted by Gasteiger charge is 2.22. The lowest BCUT2D eigenvalue weighted by molar-refractivity contribution is -0.385. The lowest BCUT2D eigenvalue weighted by Crippen LogP contribution is -2.40. The third kappa shape index (κ3) is 5.00. The summed E-state index contributed by atoms with van der Waals surface area (Å²) in [5.41, 5.74) is -0.933. The summed E-state index contributed by atoms with van der Waals surface area (Å²) in [5.74, 6) is -0.688. The van der Waals surface area contributed by atoms with Crippen molar-refractivity contribution in [3.05, 3.63) is 34.1 Å². The molecule has 6 nitrogen and oxygen atoms in total. The Labute approximate surface area is 122 Å². The van der Waals surface area contributed by atoms with Crippen LogP contribution in [0.1, 0.15) is 26.7 Å². The predicted octanol–water partition coefficient (Wildman–Crippen LogP) is 2.78. The average molecular weight is 295 g/mol. The van der Waals surface area contributed by atoms with E-state index in [0.717, 1.165) is 18.2 Å². The van der Waals surface area contributed by atoms with Crippen LogP contribution < -0.4 is 10.1 Å². The van der Waals surface area contributed by atoms with Gasteiger partial charge in [0.05, 0.1) is 17.6 Å². The topological polar surface area (TPSA) is 88.2 Å². The molecule has 1 aromatic carbocycles. The maximum atomic E-state index is 13.1. The minimum Gasteiger partial charge on any atom is -0.487 e. The van der Waals surface area contributed by atoms with Crippen molar-refractivity contribution < 1.29 is 14.1 Å². The maximum absolute atomic E-state index is 13.1. The molecule has 0 aliphatic rings. The maximum Gasteiger partial charge on any atom is 0.311 e. The Morgan fingerprint density at radius 2 is 2.29 bits per heavy atom. The third-order valence-corrected chi connectivity index (χ3v) is 3.01. The van der Waals surface area contributed by atoms with E-state index >= 15 is 0 Å². The van der Waals surface area contributed by atoms with Gasteiger partial charge in [-0.05, 0) is 32.4 Å². The molecular weight excluding hydrogens is 277 g/mol. The van der Waals surface area contributed by atoms with Gasteiger partial charge in [0.15, 0.2) is 5.75 Å². The van der Waals surface area contributed by atoms with Crippen molar-refractivity contribution in [3.63, 3.8) is 0 Å². The zero-order chi connectivity index (χ0) is 15.9. The Balaban J connectivity index is 2.59. The zero-order valence-corrected chi connectivity index (χ0v) is 12.1. The summed E-state index contributed by atoms with van der Waals surface area (Å²) >= 11 is 0. The van der Waals surface area contributed by atoms with Crippen molar-refractivity contribution in [3.8, 4) is 11.8 Å². The van der Waals surface area contributed by atoms with Gasteiger partial charge >= 0.3 is 5.69 Å². The van der Waals surface area contributed by atoms with Gasteiger partial charge in [-0.15, -0.1) is 0 Å². The fourth-order valence-corrected chi connectivity index (χ4v) is 1.94. The van der Waals surface area contributed by atoms with Crippen LogP contribution in [-0.2, 0) is 0 Å². The van der Waals surface area contributed by atoms with Gasteiger partial charge in [-0.2, -0.15) is 5.26 Å². The second-order valence-electron chi connectivity index (χ2n) is 4.80. The number of hydrogen-bond acceptors (Lipinski definition) is 5.